The molecule has 6 heteroatoms. The van der Waals surface area contributed by atoms with Gasteiger partial charge in [-0.2, -0.15) is 0 Å². The summed E-state index contributed by atoms with van der Waals surface area (Å²) in [5, 5.41) is 11.0. The number of benzene rings is 1. The highest BCUT2D eigenvalue weighted by Crippen LogP contribution is 2.27. The van der Waals surface area contributed by atoms with Crippen LogP contribution in [0.15, 0.2) is 41.8 Å². The number of carboxylic acids is 1. The van der Waals surface area contributed by atoms with Gasteiger partial charge in [0.25, 0.3) is 0 Å². The number of carboxylic acid groups (broad SMARTS) is 1. The van der Waals surface area contributed by atoms with Crippen LogP contribution in [0.3, 0.4) is 0 Å². The van der Waals surface area contributed by atoms with Crippen molar-refractivity contribution in [3.05, 3.63) is 57.8 Å². The van der Waals surface area contributed by atoms with Crippen LogP contribution in [0, 0.1) is 0 Å². The third kappa shape index (κ3) is 3.83. The molecule has 0 aliphatic heterocycles. The van der Waals surface area contributed by atoms with Gasteiger partial charge in [0.05, 0.1) is 11.1 Å². The van der Waals surface area contributed by atoms with E-state index in [0.717, 1.165) is 4.88 Å². The monoisotopic (exact) mass is 324 g/mol. The van der Waals surface area contributed by atoms with Gasteiger partial charge in [0.15, 0.2) is 0 Å². The first-order valence-corrected chi connectivity index (χ1v) is 7.67. The number of hydrogen-bond acceptors (Lipinski definition) is 4. The van der Waals surface area contributed by atoms with E-state index in [-0.39, 0.29) is 11.1 Å². The van der Waals surface area contributed by atoms with Crippen molar-refractivity contribution >= 4 is 34.9 Å². The molecule has 1 N–H and O–H groups in total. The predicted octanol–water partition coefficient (Wildman–Crippen LogP) is 3.97. The van der Waals surface area contributed by atoms with Crippen LogP contribution in [0.25, 0.3) is 0 Å². The minimum atomic E-state index is -1.16. The number of alkyl halides is 1. The average Bonchev–Trinajstić information content (AvgIpc) is 3.00. The van der Waals surface area contributed by atoms with Crippen molar-refractivity contribution in [1.82, 2.24) is 0 Å². The number of rotatable bonds is 6. The van der Waals surface area contributed by atoms with E-state index in [2.05, 4.69) is 0 Å². The van der Waals surface area contributed by atoms with Crippen LogP contribution in [0.2, 0.25) is 0 Å². The van der Waals surface area contributed by atoms with E-state index < -0.39 is 18.0 Å². The number of halogens is 1. The lowest BCUT2D eigenvalue weighted by molar-refractivity contribution is 0.0292. The molecule has 4 nitrogen and oxygen atoms in total. The van der Waals surface area contributed by atoms with Crippen LogP contribution in [0.4, 0.5) is 0 Å². The first kappa shape index (κ1) is 15.5. The highest BCUT2D eigenvalue weighted by molar-refractivity contribution is 7.10. The summed E-state index contributed by atoms with van der Waals surface area (Å²) >= 11 is 7.21. The normalized spacial score (nSPS) is 11.9. The molecule has 1 aromatic heterocycles. The van der Waals surface area contributed by atoms with Crippen molar-refractivity contribution in [1.29, 1.82) is 0 Å². The maximum Gasteiger partial charge on any atom is 0.339 e. The molecule has 0 amide bonds. The summed E-state index contributed by atoms with van der Waals surface area (Å²) in [6.45, 7) is 0. The highest BCUT2D eigenvalue weighted by Gasteiger charge is 2.22. The molecule has 2 rings (SSSR count). The molecular formula is C15H13ClO4S. The summed E-state index contributed by atoms with van der Waals surface area (Å²) in [6.07, 6.45) is 0.0140. The summed E-state index contributed by atoms with van der Waals surface area (Å²) in [5.41, 5.74) is -0.0283. The molecular weight excluding hydrogens is 312 g/mol. The van der Waals surface area contributed by atoms with E-state index in [0.29, 0.717) is 12.3 Å². The lowest BCUT2D eigenvalue weighted by Crippen LogP contribution is -2.15. The van der Waals surface area contributed by atoms with Crippen LogP contribution in [0.5, 0.6) is 0 Å². The second kappa shape index (κ2) is 7.24. The number of carbonyl (C=O) groups excluding carboxylic acids is 1. The van der Waals surface area contributed by atoms with Gasteiger partial charge >= 0.3 is 11.9 Å². The molecule has 0 saturated heterocycles. The number of esters is 1. The van der Waals surface area contributed by atoms with Gasteiger partial charge in [0, 0.05) is 17.2 Å². The molecule has 0 saturated carbocycles. The van der Waals surface area contributed by atoms with Crippen molar-refractivity contribution in [2.75, 3.05) is 5.88 Å². The molecule has 0 fully saturated rings. The fourth-order valence-corrected chi connectivity index (χ4v) is 2.86. The minimum absolute atomic E-state index is 0.0427. The maximum absolute atomic E-state index is 12.2. The molecule has 1 heterocycles. The molecule has 1 aromatic carbocycles. The number of carbonyl (C=O) groups is 2. The van der Waals surface area contributed by atoms with Gasteiger partial charge in [-0.15, -0.1) is 22.9 Å². The predicted molar refractivity (Wildman–Crippen MR) is 81.2 cm³/mol. The summed E-state index contributed by atoms with van der Waals surface area (Å²) in [7, 11) is 0. The Morgan fingerprint density at radius 2 is 1.90 bits per heavy atom. The van der Waals surface area contributed by atoms with Gasteiger partial charge in [-0.1, -0.05) is 18.2 Å². The lowest BCUT2D eigenvalue weighted by atomic mass is 10.1. The Balaban J connectivity index is 2.22. The van der Waals surface area contributed by atoms with E-state index >= 15 is 0 Å². The van der Waals surface area contributed by atoms with Gasteiger partial charge < -0.3 is 9.84 Å². The number of hydrogen-bond donors (Lipinski definition) is 1. The van der Waals surface area contributed by atoms with Gasteiger partial charge in [0.2, 0.25) is 0 Å². The maximum atomic E-state index is 12.2. The third-order valence-electron chi connectivity index (χ3n) is 2.86. The summed E-state index contributed by atoms with van der Waals surface area (Å²) in [5.74, 6) is -1.47. The Morgan fingerprint density at radius 3 is 2.48 bits per heavy atom. The molecule has 110 valence electrons. The zero-order valence-electron chi connectivity index (χ0n) is 11.0. The van der Waals surface area contributed by atoms with Gasteiger partial charge in [0.1, 0.15) is 6.10 Å². The van der Waals surface area contributed by atoms with Crippen molar-refractivity contribution < 1.29 is 19.4 Å². The topological polar surface area (TPSA) is 63.6 Å². The Labute approximate surface area is 130 Å². The Hall–Kier alpha value is -1.85. The van der Waals surface area contributed by atoms with Crippen LogP contribution in [-0.2, 0) is 4.74 Å². The van der Waals surface area contributed by atoms with Crippen LogP contribution in [0.1, 0.15) is 38.1 Å². The summed E-state index contributed by atoms with van der Waals surface area (Å²) in [4.78, 5) is 24.3. The zero-order valence-corrected chi connectivity index (χ0v) is 12.6. The molecule has 2 aromatic rings. The molecule has 0 spiro atoms. The summed E-state index contributed by atoms with van der Waals surface area (Å²) in [6, 6.07) is 9.71. The lowest BCUT2D eigenvalue weighted by Gasteiger charge is -2.16. The van der Waals surface area contributed by atoms with Gasteiger partial charge in [-0.3, -0.25) is 0 Å². The Morgan fingerprint density at radius 1 is 1.19 bits per heavy atom. The van der Waals surface area contributed by atoms with Crippen molar-refractivity contribution in [2.45, 2.75) is 12.5 Å². The second-order valence-electron chi connectivity index (χ2n) is 4.24. The first-order valence-electron chi connectivity index (χ1n) is 6.26. The van der Waals surface area contributed by atoms with E-state index in [1.165, 1.54) is 23.5 Å². The Kier molecular flexibility index (Phi) is 5.36. The minimum Gasteiger partial charge on any atom is -0.478 e. The van der Waals surface area contributed by atoms with Crippen LogP contribution >= 0.6 is 22.9 Å². The van der Waals surface area contributed by atoms with Gasteiger partial charge in [-0.25, -0.2) is 9.59 Å². The van der Waals surface area contributed by atoms with Gasteiger partial charge in [-0.05, 0) is 23.6 Å². The molecule has 1 unspecified atom stereocenters. The largest absolute Gasteiger partial charge is 0.478 e. The SMILES string of the molecule is O=C(O)c1ccccc1C(=O)OC(CCCl)c1cccs1. The van der Waals surface area contributed by atoms with E-state index in [1.54, 1.807) is 12.1 Å². The van der Waals surface area contributed by atoms with E-state index in [1.807, 2.05) is 17.5 Å². The molecule has 0 aliphatic rings. The standard InChI is InChI=1S/C15H13ClO4S/c16-8-7-12(13-6-3-9-21-13)20-15(19)11-5-2-1-4-10(11)14(17)18/h1-6,9,12H,7-8H2,(H,17,18). The quantitative estimate of drug-likeness (QED) is 0.645. The number of ether oxygens (including phenoxy) is 1. The van der Waals surface area contributed by atoms with Crippen molar-refractivity contribution in [3.63, 3.8) is 0 Å². The molecule has 21 heavy (non-hydrogen) atoms. The van der Waals surface area contributed by atoms with Crippen molar-refractivity contribution in [3.8, 4) is 0 Å². The van der Waals surface area contributed by atoms with Crippen LogP contribution < -0.4 is 0 Å². The first-order chi connectivity index (χ1) is 10.1. The van der Waals surface area contributed by atoms with Crippen molar-refractivity contribution in [2.24, 2.45) is 0 Å². The molecule has 0 aliphatic carbocycles. The highest BCUT2D eigenvalue weighted by atomic mass is 35.5. The molecule has 0 bridgehead atoms. The number of thiophene rings is 1. The van der Waals surface area contributed by atoms with Crippen LogP contribution in [-0.4, -0.2) is 22.9 Å². The third-order valence-corrected chi connectivity index (χ3v) is 4.04. The average molecular weight is 325 g/mol. The molecule has 0 radical (unpaired) electrons. The second-order valence-corrected chi connectivity index (χ2v) is 5.60. The zero-order chi connectivity index (χ0) is 15.2. The summed E-state index contributed by atoms with van der Waals surface area (Å²) < 4.78 is 5.44. The Bertz CT molecular complexity index is 624. The molecule has 1 atom stereocenters. The fourth-order valence-electron chi connectivity index (χ4n) is 1.87. The fraction of sp³-hybridized carbons (Fsp3) is 0.200. The van der Waals surface area contributed by atoms with E-state index in [9.17, 15) is 9.59 Å². The smallest absolute Gasteiger partial charge is 0.339 e. The number of aromatic carboxylic acids is 1. The van der Waals surface area contributed by atoms with E-state index in [4.69, 9.17) is 21.4 Å².